The number of nitrogens with zero attached hydrogens (tertiary/aromatic N) is 1. The van der Waals surface area contributed by atoms with Crippen LogP contribution in [0.5, 0.6) is 0 Å². The third-order valence-electron chi connectivity index (χ3n) is 2.41. The van der Waals surface area contributed by atoms with E-state index in [0.29, 0.717) is 5.56 Å². The van der Waals surface area contributed by atoms with Crippen molar-refractivity contribution in [2.24, 2.45) is 0 Å². The monoisotopic (exact) mass is 247 g/mol. The Morgan fingerprint density at radius 2 is 1.69 bits per heavy atom. The molecule has 0 unspecified atom stereocenters. The largest absolute Gasteiger partial charge is 0.368 e. The highest BCUT2D eigenvalue weighted by Gasteiger charge is 2.34. The Labute approximate surface area is 105 Å². The van der Waals surface area contributed by atoms with Crippen LogP contribution in [0.3, 0.4) is 0 Å². The summed E-state index contributed by atoms with van der Waals surface area (Å²) < 4.78 is 0.0353. The van der Waals surface area contributed by atoms with Gasteiger partial charge in [0.05, 0.1) is 9.88 Å². The van der Waals surface area contributed by atoms with Crippen molar-refractivity contribution in [3.8, 4) is 0 Å². The van der Waals surface area contributed by atoms with E-state index < -0.39 is 0 Å². The number of amides is 1. The molecule has 2 rings (SSSR count). The molecule has 1 amide bonds. The van der Waals surface area contributed by atoms with Crippen LogP contribution in [0, 0.1) is 0 Å². The van der Waals surface area contributed by atoms with Crippen molar-refractivity contribution in [2.45, 2.75) is 0 Å². The van der Waals surface area contributed by atoms with Crippen LogP contribution in [0.25, 0.3) is 0 Å². The molecular weight excluding hydrogens is 238 g/mol. The molecule has 0 radical (unpaired) electrons. The summed E-state index contributed by atoms with van der Waals surface area (Å²) in [5.41, 5.74) is 0.603. The Bertz CT molecular complexity index is 479. The van der Waals surface area contributed by atoms with Gasteiger partial charge in [0.25, 0.3) is 0 Å². The molecule has 4 heteroatoms. The Morgan fingerprint density at radius 1 is 1.12 bits per heavy atom. The fourth-order valence-corrected chi connectivity index (χ4v) is 1.96. The fraction of sp³-hybridized carbons (Fsp3) is 0. The first-order valence-corrected chi connectivity index (χ1v) is 5.55. The van der Waals surface area contributed by atoms with Crippen LogP contribution >= 0.6 is 12.2 Å². The second-order valence-electron chi connectivity index (χ2n) is 3.40. The average molecular weight is 247 g/mol. The lowest BCUT2D eigenvalue weighted by molar-refractivity contribution is -0.626. The molecule has 0 aromatic heterocycles. The van der Waals surface area contributed by atoms with Crippen LogP contribution in [0.4, 0.5) is 0 Å². The molecule has 1 aliphatic heterocycles. The zero-order valence-electron chi connectivity index (χ0n) is 8.37. The molecule has 0 N–H and O–H groups in total. The normalized spacial score (nSPS) is 16.2. The highest BCUT2D eigenvalue weighted by Crippen LogP contribution is 2.22. The van der Waals surface area contributed by atoms with E-state index in [2.05, 4.69) is 0 Å². The number of allylic oxidation sites excluding steroid dienone is 2. The zero-order valence-corrected chi connectivity index (χ0v) is 10.0. The van der Waals surface area contributed by atoms with Gasteiger partial charge in [-0.3, -0.25) is 0 Å². The fourth-order valence-electron chi connectivity index (χ4n) is 1.55. The minimum Gasteiger partial charge on any atom is -0.368 e. The Kier molecular flexibility index (Phi) is 2.96. The summed E-state index contributed by atoms with van der Waals surface area (Å²) in [6.45, 7) is 0. The predicted octanol–water partition coefficient (Wildman–Crippen LogP) is 2.52. The maximum absolute atomic E-state index is 12.3. The first-order chi connectivity index (χ1) is 7.67. The highest BCUT2D eigenvalue weighted by atomic mass is 32.1. The molecule has 1 aromatic carbocycles. The number of hydrogen-bond acceptors (Lipinski definition) is 3. The minimum atomic E-state index is -0.172. The smallest absolute Gasteiger partial charge is 0.358 e. The summed E-state index contributed by atoms with van der Waals surface area (Å²) in [7, 11) is 0. The average Bonchev–Trinajstić information content (AvgIpc) is 2.79. The molecule has 0 saturated carbocycles. The molecule has 0 spiro atoms. The number of carbonyl (C=O) groups is 1. The van der Waals surface area contributed by atoms with Crippen molar-refractivity contribution in [3.05, 3.63) is 60.4 Å². The van der Waals surface area contributed by atoms with Gasteiger partial charge < -0.3 is 24.8 Å². The summed E-state index contributed by atoms with van der Waals surface area (Å²) in [5, 5.41) is 0. The lowest BCUT2D eigenvalue weighted by Gasteiger charge is -2.28. The summed E-state index contributed by atoms with van der Waals surface area (Å²) in [6, 6.07) is 9.02. The van der Waals surface area contributed by atoms with Gasteiger partial charge in [-0.1, -0.05) is 18.2 Å². The van der Waals surface area contributed by atoms with Crippen molar-refractivity contribution in [2.75, 3.05) is 0 Å². The summed E-state index contributed by atoms with van der Waals surface area (Å²) in [5.74, 6) is -0.120. The van der Waals surface area contributed by atoms with E-state index >= 15 is 0 Å². The van der Waals surface area contributed by atoms with Crippen LogP contribution in [-0.2, 0) is 12.6 Å². The third-order valence-corrected chi connectivity index (χ3v) is 3.02. The van der Waals surface area contributed by atoms with Gasteiger partial charge in [-0.05, 0) is 24.3 Å². The van der Waals surface area contributed by atoms with Crippen molar-refractivity contribution >= 4 is 35.1 Å². The molecule has 0 aliphatic carbocycles. The Hall–Kier alpha value is -1.36. The molecule has 0 saturated heterocycles. The number of carbonyl (C=O) groups excluding carboxylic acids is 1. The lowest BCUT2D eigenvalue weighted by Crippen LogP contribution is -2.45. The third kappa shape index (κ3) is 1.71. The second-order valence-corrected chi connectivity index (χ2v) is 4.43. The van der Waals surface area contributed by atoms with Crippen LogP contribution in [-0.4, -0.2) is 14.7 Å². The summed E-state index contributed by atoms with van der Waals surface area (Å²) in [6.07, 6.45) is 6.95. The topological polar surface area (TPSA) is 17.1 Å². The first-order valence-electron chi connectivity index (χ1n) is 4.74. The number of quaternary nitrogens is 1. The van der Waals surface area contributed by atoms with E-state index in [9.17, 15) is 4.79 Å². The maximum atomic E-state index is 12.3. The van der Waals surface area contributed by atoms with Gasteiger partial charge in [-0.15, -0.1) is 0 Å². The Morgan fingerprint density at radius 3 is 2.19 bits per heavy atom. The van der Waals surface area contributed by atoms with Gasteiger partial charge in [-0.25, -0.2) is 4.79 Å². The van der Waals surface area contributed by atoms with Gasteiger partial charge in [-0.2, -0.15) is 4.48 Å². The number of thiocarbonyl (C=S) groups is 1. The molecular formula is C12H9NOS2. The number of hydrogen-bond donors (Lipinski definition) is 0. The van der Waals surface area contributed by atoms with Crippen LogP contribution in [0.15, 0.2) is 54.9 Å². The van der Waals surface area contributed by atoms with Gasteiger partial charge in [0, 0.05) is 0 Å². The van der Waals surface area contributed by atoms with E-state index in [-0.39, 0.29) is 14.7 Å². The lowest BCUT2D eigenvalue weighted by atomic mass is 10.2. The zero-order chi connectivity index (χ0) is 11.6. The Balaban J connectivity index is 2.45. The standard InChI is InChI=1S/C12H9NOS2/c14-11(10-6-2-1-3-7-10)13(12(15)16)8-4-5-9-13/h1-9H. The van der Waals surface area contributed by atoms with E-state index in [4.69, 9.17) is 24.8 Å². The van der Waals surface area contributed by atoms with Crippen molar-refractivity contribution in [1.29, 1.82) is 0 Å². The summed E-state index contributed by atoms with van der Waals surface area (Å²) >= 11 is 10.0. The maximum Gasteiger partial charge on any atom is 0.358 e. The molecule has 80 valence electrons. The summed E-state index contributed by atoms with van der Waals surface area (Å²) in [4.78, 5) is 12.3. The molecule has 1 aromatic rings. The molecule has 1 heterocycles. The van der Waals surface area contributed by atoms with Gasteiger partial charge >= 0.3 is 5.91 Å². The minimum absolute atomic E-state index is 0.120. The molecule has 1 aliphatic rings. The predicted molar refractivity (Wildman–Crippen MR) is 69.3 cm³/mol. The van der Waals surface area contributed by atoms with Gasteiger partial charge in [0.15, 0.2) is 0 Å². The van der Waals surface area contributed by atoms with E-state index in [1.54, 1.807) is 36.7 Å². The van der Waals surface area contributed by atoms with E-state index in [1.807, 2.05) is 18.2 Å². The van der Waals surface area contributed by atoms with Gasteiger partial charge in [0.1, 0.15) is 12.4 Å². The van der Waals surface area contributed by atoms with Crippen LogP contribution < -0.4 is 0 Å². The van der Waals surface area contributed by atoms with Crippen molar-refractivity contribution < 1.29 is 9.28 Å². The number of benzene rings is 1. The quantitative estimate of drug-likeness (QED) is 0.431. The van der Waals surface area contributed by atoms with Crippen LogP contribution in [0.2, 0.25) is 0 Å². The molecule has 0 fully saturated rings. The number of rotatable bonds is 1. The van der Waals surface area contributed by atoms with E-state index in [0.717, 1.165) is 0 Å². The molecule has 16 heavy (non-hydrogen) atoms. The molecule has 2 nitrogen and oxygen atoms in total. The first kappa shape index (κ1) is 11.1. The van der Waals surface area contributed by atoms with Crippen LogP contribution in [0.1, 0.15) is 10.4 Å². The molecule has 0 bridgehead atoms. The van der Waals surface area contributed by atoms with E-state index in [1.165, 1.54) is 0 Å². The van der Waals surface area contributed by atoms with Gasteiger partial charge in [0.2, 0.25) is 0 Å². The highest BCUT2D eigenvalue weighted by molar-refractivity contribution is 7.99. The van der Waals surface area contributed by atoms with Crippen molar-refractivity contribution in [1.82, 2.24) is 0 Å². The molecule has 0 atom stereocenters. The SMILES string of the molecule is O=C(c1ccccc1)[N+]1(C(=S)[S-])C=CC=C1. The second kappa shape index (κ2) is 4.25. The van der Waals surface area contributed by atoms with Crippen molar-refractivity contribution in [3.63, 3.8) is 0 Å².